The second kappa shape index (κ2) is 8.07. The largest absolute Gasteiger partial charge is 0.427 e. The summed E-state index contributed by atoms with van der Waals surface area (Å²) < 4.78 is 44.5. The van der Waals surface area contributed by atoms with E-state index in [1.807, 2.05) is 0 Å². The highest BCUT2D eigenvalue weighted by Crippen LogP contribution is 2.20. The first kappa shape index (κ1) is 20.0. The Morgan fingerprint density at radius 3 is 2.04 bits per heavy atom. The number of carbonyl (C=O) groups is 2. The van der Waals surface area contributed by atoms with Gasteiger partial charge in [0, 0.05) is 38.7 Å². The zero-order chi connectivity index (χ0) is 20.3. The molecule has 7 nitrogen and oxygen atoms in total. The van der Waals surface area contributed by atoms with Gasteiger partial charge >= 0.3 is 5.97 Å². The van der Waals surface area contributed by atoms with Crippen LogP contribution in [0, 0.1) is 5.82 Å². The first-order valence-corrected chi connectivity index (χ1v) is 10.0. The van der Waals surface area contributed by atoms with Gasteiger partial charge in [-0.05, 0) is 48.5 Å². The van der Waals surface area contributed by atoms with Crippen LogP contribution >= 0.6 is 0 Å². The minimum absolute atomic E-state index is 0.0229. The number of carbonyl (C=O) groups excluding carboxylic acids is 2. The van der Waals surface area contributed by atoms with Crippen LogP contribution in [0.2, 0.25) is 0 Å². The Balaban J connectivity index is 1.63. The van der Waals surface area contributed by atoms with Gasteiger partial charge in [-0.3, -0.25) is 9.59 Å². The molecule has 1 saturated heterocycles. The van der Waals surface area contributed by atoms with Gasteiger partial charge in [-0.15, -0.1) is 0 Å². The predicted octanol–water partition coefficient (Wildman–Crippen LogP) is 1.90. The molecule has 1 aliphatic rings. The molecule has 28 heavy (non-hydrogen) atoms. The molecule has 0 bridgehead atoms. The minimum atomic E-state index is -3.73. The lowest BCUT2D eigenvalue weighted by molar-refractivity contribution is -0.131. The first-order valence-electron chi connectivity index (χ1n) is 8.61. The van der Waals surface area contributed by atoms with Crippen LogP contribution in [0.25, 0.3) is 0 Å². The van der Waals surface area contributed by atoms with Gasteiger partial charge in [0.2, 0.25) is 10.0 Å². The highest BCUT2D eigenvalue weighted by atomic mass is 32.2. The molecule has 1 fully saturated rings. The van der Waals surface area contributed by atoms with Crippen LogP contribution < -0.4 is 4.74 Å². The lowest BCUT2D eigenvalue weighted by atomic mass is 10.2. The molecular weight excluding hydrogens is 387 g/mol. The lowest BCUT2D eigenvalue weighted by Crippen LogP contribution is -2.50. The number of benzene rings is 2. The van der Waals surface area contributed by atoms with Gasteiger partial charge < -0.3 is 9.64 Å². The average molecular weight is 406 g/mol. The molecule has 2 aromatic rings. The van der Waals surface area contributed by atoms with E-state index in [4.69, 9.17) is 4.74 Å². The maximum atomic E-state index is 13.0. The van der Waals surface area contributed by atoms with Gasteiger partial charge in [-0.1, -0.05) is 0 Å². The third-order valence-electron chi connectivity index (χ3n) is 4.34. The molecule has 0 spiro atoms. The quantitative estimate of drug-likeness (QED) is 0.572. The monoisotopic (exact) mass is 406 g/mol. The fourth-order valence-electron chi connectivity index (χ4n) is 2.90. The number of rotatable bonds is 4. The van der Waals surface area contributed by atoms with Crippen molar-refractivity contribution in [3.05, 3.63) is 59.9 Å². The Kier molecular flexibility index (Phi) is 5.76. The molecule has 1 amide bonds. The van der Waals surface area contributed by atoms with Crippen LogP contribution in [0.3, 0.4) is 0 Å². The predicted molar refractivity (Wildman–Crippen MR) is 98.8 cm³/mol. The molecule has 3 rings (SSSR count). The molecule has 0 radical (unpaired) electrons. The number of ether oxygens (including phenoxy) is 1. The maximum Gasteiger partial charge on any atom is 0.308 e. The fraction of sp³-hybridized carbons (Fsp3) is 0.263. The van der Waals surface area contributed by atoms with Gasteiger partial charge in [0.15, 0.2) is 0 Å². The smallest absolute Gasteiger partial charge is 0.308 e. The molecule has 1 aliphatic heterocycles. The van der Waals surface area contributed by atoms with E-state index < -0.39 is 21.8 Å². The van der Waals surface area contributed by atoms with Crippen molar-refractivity contribution >= 4 is 21.9 Å². The van der Waals surface area contributed by atoms with Crippen molar-refractivity contribution in [1.29, 1.82) is 0 Å². The summed E-state index contributed by atoms with van der Waals surface area (Å²) in [5, 5.41) is 0. The molecule has 148 valence electrons. The van der Waals surface area contributed by atoms with Gasteiger partial charge in [0.1, 0.15) is 11.6 Å². The van der Waals surface area contributed by atoms with Crippen LogP contribution in [-0.2, 0) is 14.8 Å². The molecule has 0 unspecified atom stereocenters. The van der Waals surface area contributed by atoms with Gasteiger partial charge in [0.25, 0.3) is 5.91 Å². The molecule has 0 N–H and O–H groups in total. The van der Waals surface area contributed by atoms with Crippen LogP contribution in [-0.4, -0.2) is 55.7 Å². The molecule has 2 aromatic carbocycles. The Morgan fingerprint density at radius 1 is 0.929 bits per heavy atom. The van der Waals surface area contributed by atoms with Crippen LogP contribution in [0.5, 0.6) is 5.75 Å². The number of hydrogen-bond acceptors (Lipinski definition) is 5. The van der Waals surface area contributed by atoms with Crippen molar-refractivity contribution in [3.63, 3.8) is 0 Å². The average Bonchev–Trinajstić information content (AvgIpc) is 2.68. The summed E-state index contributed by atoms with van der Waals surface area (Å²) in [5.74, 6) is -0.834. The molecular formula is C19H19FN2O5S. The van der Waals surface area contributed by atoms with E-state index in [9.17, 15) is 22.4 Å². The first-order chi connectivity index (χ1) is 13.3. The number of nitrogens with zero attached hydrogens (tertiary/aromatic N) is 2. The molecule has 9 heteroatoms. The van der Waals surface area contributed by atoms with Gasteiger partial charge in [-0.25, -0.2) is 12.8 Å². The number of hydrogen-bond donors (Lipinski definition) is 0. The summed E-state index contributed by atoms with van der Waals surface area (Å²) in [7, 11) is -3.73. The number of halogens is 1. The van der Waals surface area contributed by atoms with Crippen LogP contribution in [0.4, 0.5) is 4.39 Å². The maximum absolute atomic E-state index is 13.0. The van der Waals surface area contributed by atoms with E-state index in [1.165, 1.54) is 35.5 Å². The number of sulfonamides is 1. The summed E-state index contributed by atoms with van der Waals surface area (Å²) >= 11 is 0. The third kappa shape index (κ3) is 4.37. The summed E-state index contributed by atoms with van der Waals surface area (Å²) in [6.07, 6.45) is 0. The van der Waals surface area contributed by atoms with E-state index in [0.717, 1.165) is 12.1 Å². The molecule has 0 aromatic heterocycles. The van der Waals surface area contributed by atoms with Crippen molar-refractivity contribution in [3.8, 4) is 5.75 Å². The summed E-state index contributed by atoms with van der Waals surface area (Å²) in [6, 6.07) is 10.8. The number of esters is 1. The summed E-state index contributed by atoms with van der Waals surface area (Å²) in [4.78, 5) is 25.1. The van der Waals surface area contributed by atoms with Crippen LogP contribution in [0.15, 0.2) is 53.4 Å². The number of piperazine rings is 1. The topological polar surface area (TPSA) is 84.0 Å². The molecule has 0 saturated carbocycles. The third-order valence-corrected chi connectivity index (χ3v) is 6.25. The second-order valence-corrected chi connectivity index (χ2v) is 8.21. The normalized spacial score (nSPS) is 15.3. The van der Waals surface area contributed by atoms with Gasteiger partial charge in [0.05, 0.1) is 4.90 Å². The SMILES string of the molecule is CC(=O)Oc1ccc(C(=O)N2CCN(S(=O)(=O)c3ccc(F)cc3)CC2)cc1. The summed E-state index contributed by atoms with van der Waals surface area (Å²) in [6.45, 7) is 2.07. The van der Waals surface area contributed by atoms with E-state index in [1.54, 1.807) is 17.0 Å². The van der Waals surface area contributed by atoms with Crippen LogP contribution in [0.1, 0.15) is 17.3 Å². The molecule has 0 atom stereocenters. The molecule has 1 heterocycles. The van der Waals surface area contributed by atoms with Crippen molar-refractivity contribution < 1.29 is 27.1 Å². The van der Waals surface area contributed by atoms with Gasteiger partial charge in [-0.2, -0.15) is 4.31 Å². The van der Waals surface area contributed by atoms with Crippen molar-refractivity contribution in [2.45, 2.75) is 11.8 Å². The van der Waals surface area contributed by atoms with Crippen molar-refractivity contribution in [1.82, 2.24) is 9.21 Å². The zero-order valence-electron chi connectivity index (χ0n) is 15.2. The molecule has 0 aliphatic carbocycles. The zero-order valence-corrected chi connectivity index (χ0v) is 16.0. The number of amides is 1. The highest BCUT2D eigenvalue weighted by Gasteiger charge is 2.30. The highest BCUT2D eigenvalue weighted by molar-refractivity contribution is 7.89. The Bertz CT molecular complexity index is 966. The second-order valence-electron chi connectivity index (χ2n) is 6.27. The van der Waals surface area contributed by atoms with E-state index in [-0.39, 0.29) is 37.0 Å². The minimum Gasteiger partial charge on any atom is -0.427 e. The standard InChI is InChI=1S/C19H19FN2O5S/c1-14(23)27-17-6-2-15(3-7-17)19(24)21-10-12-22(13-11-21)28(25,26)18-8-4-16(20)5-9-18/h2-9H,10-13H2,1H3. The Morgan fingerprint density at radius 2 is 1.50 bits per heavy atom. The van der Waals surface area contributed by atoms with Crippen molar-refractivity contribution in [2.75, 3.05) is 26.2 Å². The van der Waals surface area contributed by atoms with Crippen molar-refractivity contribution in [2.24, 2.45) is 0 Å². The lowest BCUT2D eigenvalue weighted by Gasteiger charge is -2.34. The van der Waals surface area contributed by atoms with E-state index in [2.05, 4.69) is 0 Å². The van der Waals surface area contributed by atoms with E-state index >= 15 is 0 Å². The fourth-order valence-corrected chi connectivity index (χ4v) is 4.32. The van der Waals surface area contributed by atoms with E-state index in [0.29, 0.717) is 11.3 Å². The Hall–Kier alpha value is -2.78. The summed E-state index contributed by atoms with van der Waals surface area (Å²) in [5.41, 5.74) is 0.422. The Labute approximate surface area is 162 Å².